The summed E-state index contributed by atoms with van der Waals surface area (Å²) in [5, 5.41) is 7.36. The quantitative estimate of drug-likeness (QED) is 0.556. The molecule has 1 heterocycles. The topological polar surface area (TPSA) is 68.2 Å². The number of anilines is 2. The van der Waals surface area contributed by atoms with E-state index >= 15 is 0 Å². The Bertz CT molecular complexity index is 1050. The van der Waals surface area contributed by atoms with E-state index in [1.54, 1.807) is 25.3 Å². The number of imidazole rings is 1. The Hall–Kier alpha value is -2.28. The van der Waals surface area contributed by atoms with Crippen LogP contribution in [0.1, 0.15) is 36.0 Å². The van der Waals surface area contributed by atoms with Gasteiger partial charge in [-0.05, 0) is 56.0 Å². The van der Waals surface area contributed by atoms with E-state index in [-0.39, 0.29) is 11.9 Å². The van der Waals surface area contributed by atoms with E-state index in [4.69, 9.17) is 27.9 Å². The number of halogens is 2. The number of aromatic nitrogens is 2. The van der Waals surface area contributed by atoms with Gasteiger partial charge in [-0.25, -0.2) is 4.98 Å². The van der Waals surface area contributed by atoms with E-state index in [2.05, 4.69) is 15.6 Å². The Morgan fingerprint density at radius 3 is 2.50 bits per heavy atom. The number of methoxy groups -OCH3 is 1. The highest BCUT2D eigenvalue weighted by atomic mass is 35.5. The number of carbonyl (C=O) groups is 1. The molecule has 0 aliphatic heterocycles. The Kier molecular flexibility index (Phi) is 6.18. The summed E-state index contributed by atoms with van der Waals surface area (Å²) in [6.45, 7) is 0. The van der Waals surface area contributed by atoms with Crippen LogP contribution in [0.15, 0.2) is 36.4 Å². The fourth-order valence-electron chi connectivity index (χ4n) is 3.89. The molecule has 2 aromatic carbocycles. The molecule has 2 N–H and O–H groups in total. The zero-order chi connectivity index (χ0) is 21.3. The number of benzene rings is 2. The number of rotatable bonds is 5. The first-order valence-electron chi connectivity index (χ1n) is 9.97. The Morgan fingerprint density at radius 1 is 1.13 bits per heavy atom. The van der Waals surface area contributed by atoms with Crippen LogP contribution in [-0.4, -0.2) is 34.7 Å². The maximum absolute atomic E-state index is 12.8. The molecule has 1 aromatic heterocycles. The number of para-hydroxylation sites is 1. The van der Waals surface area contributed by atoms with Crippen molar-refractivity contribution < 1.29 is 9.53 Å². The van der Waals surface area contributed by atoms with Crippen molar-refractivity contribution in [1.82, 2.24) is 14.9 Å². The molecule has 158 valence electrons. The van der Waals surface area contributed by atoms with Crippen LogP contribution in [0, 0.1) is 0 Å². The minimum atomic E-state index is -0.0768. The second kappa shape index (κ2) is 8.84. The van der Waals surface area contributed by atoms with Gasteiger partial charge >= 0.3 is 0 Å². The first-order valence-corrected chi connectivity index (χ1v) is 10.7. The lowest BCUT2D eigenvalue weighted by Crippen LogP contribution is -2.38. The Morgan fingerprint density at radius 2 is 1.83 bits per heavy atom. The van der Waals surface area contributed by atoms with Gasteiger partial charge in [-0.2, -0.15) is 0 Å². The molecule has 1 aliphatic rings. The molecule has 8 heteroatoms. The molecule has 0 atom stereocenters. The van der Waals surface area contributed by atoms with Crippen LogP contribution in [0.3, 0.4) is 0 Å². The van der Waals surface area contributed by atoms with Crippen molar-refractivity contribution in [2.75, 3.05) is 12.4 Å². The molecule has 0 radical (unpaired) electrons. The van der Waals surface area contributed by atoms with Gasteiger partial charge in [0.1, 0.15) is 0 Å². The Labute approximate surface area is 185 Å². The molecule has 1 amide bonds. The molecule has 0 unspecified atom stereocenters. The largest absolute Gasteiger partial charge is 0.381 e. The summed E-state index contributed by atoms with van der Waals surface area (Å²) < 4.78 is 7.31. The standard InChI is InChI=1S/C22H24Cl2N4O2/c1-28-19-11-6-13(21(29)25-14-7-9-15(30-2)10-8-14)12-18(19)26-22(28)27-20-16(23)4-3-5-17(20)24/h3-6,11-12,14-15H,7-10H2,1-2H3,(H,25,29)(H,26,27)/t14-,15-. The monoisotopic (exact) mass is 446 g/mol. The molecule has 0 bridgehead atoms. The molecule has 30 heavy (non-hydrogen) atoms. The first kappa shape index (κ1) is 21.0. The molecule has 4 rings (SSSR count). The molecule has 3 aromatic rings. The van der Waals surface area contributed by atoms with E-state index in [0.717, 1.165) is 36.7 Å². The average molecular weight is 447 g/mol. The minimum absolute atomic E-state index is 0.0768. The van der Waals surface area contributed by atoms with Crippen LogP contribution >= 0.6 is 23.2 Å². The van der Waals surface area contributed by atoms with Gasteiger partial charge in [0.2, 0.25) is 5.95 Å². The van der Waals surface area contributed by atoms with Gasteiger partial charge in [-0.15, -0.1) is 0 Å². The number of carbonyl (C=O) groups excluding carboxylic acids is 1. The number of ether oxygens (including phenoxy) is 1. The van der Waals surface area contributed by atoms with Gasteiger partial charge in [-0.3, -0.25) is 4.79 Å². The van der Waals surface area contributed by atoms with Crippen LogP contribution in [-0.2, 0) is 11.8 Å². The zero-order valence-corrected chi connectivity index (χ0v) is 18.4. The molecule has 0 spiro atoms. The second-order valence-electron chi connectivity index (χ2n) is 7.60. The number of fused-ring (bicyclic) bond motifs is 1. The van der Waals surface area contributed by atoms with Crippen molar-refractivity contribution in [2.24, 2.45) is 7.05 Å². The van der Waals surface area contributed by atoms with Crippen LogP contribution in [0.2, 0.25) is 10.0 Å². The highest BCUT2D eigenvalue weighted by Gasteiger charge is 2.23. The van der Waals surface area contributed by atoms with Gasteiger partial charge in [0.25, 0.3) is 5.91 Å². The summed E-state index contributed by atoms with van der Waals surface area (Å²) in [6.07, 6.45) is 4.12. The third-order valence-electron chi connectivity index (χ3n) is 5.69. The number of amides is 1. The van der Waals surface area contributed by atoms with E-state index in [9.17, 15) is 4.79 Å². The van der Waals surface area contributed by atoms with E-state index in [1.807, 2.05) is 29.8 Å². The highest BCUT2D eigenvalue weighted by Crippen LogP contribution is 2.33. The summed E-state index contributed by atoms with van der Waals surface area (Å²) in [7, 11) is 3.64. The van der Waals surface area contributed by atoms with Crippen LogP contribution in [0.5, 0.6) is 0 Å². The van der Waals surface area contributed by atoms with E-state index in [0.29, 0.717) is 33.3 Å². The number of nitrogens with zero attached hydrogens (tertiary/aromatic N) is 2. The number of hydrogen-bond acceptors (Lipinski definition) is 4. The summed E-state index contributed by atoms with van der Waals surface area (Å²) in [5.41, 5.74) is 2.82. The van der Waals surface area contributed by atoms with Crippen molar-refractivity contribution in [3.63, 3.8) is 0 Å². The van der Waals surface area contributed by atoms with Gasteiger partial charge in [0, 0.05) is 25.8 Å². The second-order valence-corrected chi connectivity index (χ2v) is 8.42. The smallest absolute Gasteiger partial charge is 0.251 e. The summed E-state index contributed by atoms with van der Waals surface area (Å²) in [4.78, 5) is 17.4. The van der Waals surface area contributed by atoms with Gasteiger partial charge in [-0.1, -0.05) is 29.3 Å². The zero-order valence-electron chi connectivity index (χ0n) is 16.9. The average Bonchev–Trinajstić information content (AvgIpc) is 3.06. The van der Waals surface area contributed by atoms with Crippen molar-refractivity contribution >= 4 is 51.8 Å². The molecule has 0 saturated heterocycles. The van der Waals surface area contributed by atoms with Crippen molar-refractivity contribution in [3.05, 3.63) is 52.0 Å². The van der Waals surface area contributed by atoms with Crippen molar-refractivity contribution in [3.8, 4) is 0 Å². The first-order chi connectivity index (χ1) is 14.5. The van der Waals surface area contributed by atoms with Crippen LogP contribution in [0.4, 0.5) is 11.6 Å². The van der Waals surface area contributed by atoms with Gasteiger partial charge < -0.3 is 19.9 Å². The van der Waals surface area contributed by atoms with E-state index in [1.165, 1.54) is 0 Å². The van der Waals surface area contributed by atoms with Crippen LogP contribution < -0.4 is 10.6 Å². The molecule has 1 aliphatic carbocycles. The SMILES string of the molecule is CO[C@H]1CC[C@H](NC(=O)c2ccc3c(c2)nc(Nc2c(Cl)cccc2Cl)n3C)CC1. The molecule has 1 fully saturated rings. The lowest BCUT2D eigenvalue weighted by Gasteiger charge is -2.28. The number of hydrogen-bond donors (Lipinski definition) is 2. The number of nitrogens with one attached hydrogen (secondary N) is 2. The van der Waals surface area contributed by atoms with Crippen LogP contribution in [0.25, 0.3) is 11.0 Å². The molecular formula is C22H24Cl2N4O2. The molecule has 6 nitrogen and oxygen atoms in total. The van der Waals surface area contributed by atoms with E-state index < -0.39 is 0 Å². The predicted molar refractivity (Wildman–Crippen MR) is 121 cm³/mol. The number of aryl methyl sites for hydroxylation is 1. The minimum Gasteiger partial charge on any atom is -0.381 e. The normalized spacial score (nSPS) is 19.1. The third-order valence-corrected chi connectivity index (χ3v) is 6.32. The van der Waals surface area contributed by atoms with Crippen molar-refractivity contribution in [2.45, 2.75) is 37.8 Å². The lowest BCUT2D eigenvalue weighted by molar-refractivity contribution is 0.0599. The predicted octanol–water partition coefficient (Wildman–Crippen LogP) is 5.31. The summed E-state index contributed by atoms with van der Waals surface area (Å²) in [6, 6.07) is 11.0. The van der Waals surface area contributed by atoms with Gasteiger partial charge in [0.05, 0.1) is 32.9 Å². The molecular weight excluding hydrogens is 423 g/mol. The maximum Gasteiger partial charge on any atom is 0.251 e. The van der Waals surface area contributed by atoms with Gasteiger partial charge in [0.15, 0.2) is 0 Å². The highest BCUT2D eigenvalue weighted by molar-refractivity contribution is 6.39. The summed E-state index contributed by atoms with van der Waals surface area (Å²) >= 11 is 12.5. The van der Waals surface area contributed by atoms with Crippen molar-refractivity contribution in [1.29, 1.82) is 0 Å². The third kappa shape index (κ3) is 4.26. The Balaban J connectivity index is 1.52. The molecule has 1 saturated carbocycles. The fraction of sp³-hybridized carbons (Fsp3) is 0.364. The lowest BCUT2D eigenvalue weighted by atomic mass is 9.93. The fourth-order valence-corrected chi connectivity index (χ4v) is 4.39. The summed E-state index contributed by atoms with van der Waals surface area (Å²) in [5.74, 6) is 0.516. The maximum atomic E-state index is 12.8.